The Balaban J connectivity index is 2.14. The van der Waals surface area contributed by atoms with E-state index in [9.17, 15) is 17.6 Å². The molecule has 0 aliphatic carbocycles. The number of nitrogens with zero attached hydrogens (tertiary/aromatic N) is 3. The van der Waals surface area contributed by atoms with Gasteiger partial charge in [-0.05, 0) is 36.2 Å². The van der Waals surface area contributed by atoms with E-state index in [4.69, 9.17) is 5.73 Å². The van der Waals surface area contributed by atoms with E-state index in [1.807, 2.05) is 0 Å². The van der Waals surface area contributed by atoms with Crippen LogP contribution in [0.5, 0.6) is 0 Å². The Morgan fingerprint density at radius 1 is 0.962 bits per heavy atom. The molecule has 0 aromatic heterocycles. The van der Waals surface area contributed by atoms with Crippen molar-refractivity contribution in [3.63, 3.8) is 0 Å². The molecule has 0 radical (unpaired) electrons. The van der Waals surface area contributed by atoms with Crippen LogP contribution < -0.4 is 5.73 Å². The third kappa shape index (κ3) is 2.98. The minimum atomic E-state index is -1.07. The van der Waals surface area contributed by atoms with Crippen LogP contribution in [0.3, 0.4) is 0 Å². The van der Waals surface area contributed by atoms with Crippen molar-refractivity contribution in [2.45, 2.75) is 13.3 Å². The van der Waals surface area contributed by atoms with E-state index in [0.717, 1.165) is 24.3 Å². The quantitative estimate of drug-likeness (QED) is 0.497. The van der Waals surface area contributed by atoms with Crippen LogP contribution in [0.15, 0.2) is 39.2 Å². The van der Waals surface area contributed by atoms with Crippen LogP contribution in [0.1, 0.15) is 29.2 Å². The molecule has 0 fully saturated rings. The first kappa shape index (κ1) is 17.8. The Hall–Kier alpha value is -3.03. The molecule has 4 nitrogen and oxygen atoms in total. The number of nitrogens with two attached hydrogens (primary N) is 1. The number of hydrogen-bond acceptors (Lipinski definition) is 2. The van der Waals surface area contributed by atoms with Crippen LogP contribution in [0, 0.1) is 23.3 Å². The molecule has 0 saturated heterocycles. The highest BCUT2D eigenvalue weighted by atomic mass is 19.2. The molecular weight excluding hydrogens is 348 g/mol. The summed E-state index contributed by atoms with van der Waals surface area (Å²) < 4.78 is 54.2. The fourth-order valence-corrected chi connectivity index (χ4v) is 2.68. The van der Waals surface area contributed by atoms with E-state index < -0.39 is 23.3 Å². The van der Waals surface area contributed by atoms with E-state index in [0.29, 0.717) is 12.0 Å². The van der Waals surface area contributed by atoms with Crippen molar-refractivity contribution in [3.05, 3.63) is 69.8 Å². The molecule has 2 N–H and O–H groups in total. The number of aliphatic imine (C=N–C) groups is 3. The summed E-state index contributed by atoms with van der Waals surface area (Å²) in [7, 11) is 1.42. The van der Waals surface area contributed by atoms with Gasteiger partial charge in [0.15, 0.2) is 34.9 Å². The average Bonchev–Trinajstić information content (AvgIpc) is 2.90. The molecule has 0 saturated carbocycles. The van der Waals surface area contributed by atoms with E-state index in [2.05, 4.69) is 15.0 Å². The maximum atomic E-state index is 13.7. The molecule has 1 heterocycles. The molecule has 2 aromatic rings. The largest absolute Gasteiger partial charge is 0.383 e. The SMILES string of the molecule is CCc1cc(F)c(F)cc1C(=NC)N=C1N=C(N)c2cc(F)c(F)cc21. The number of benzene rings is 2. The van der Waals surface area contributed by atoms with Crippen molar-refractivity contribution >= 4 is 17.5 Å². The van der Waals surface area contributed by atoms with Crippen LogP contribution in [-0.4, -0.2) is 24.6 Å². The standard InChI is InChI=1S/C18H14F4N4/c1-3-8-4-12(19)13(20)5-9(8)17(24-2)26-18-11-7-15(22)14(21)6-10(11)16(23)25-18/h4-7H,3H2,1-2H3,(H2,23,24,25,26). The second kappa shape index (κ2) is 6.70. The minimum absolute atomic E-state index is 0.0174. The summed E-state index contributed by atoms with van der Waals surface area (Å²) >= 11 is 0. The molecule has 1 aliphatic rings. The molecule has 0 spiro atoms. The van der Waals surface area contributed by atoms with Crippen molar-refractivity contribution in [2.75, 3.05) is 7.05 Å². The lowest BCUT2D eigenvalue weighted by molar-refractivity contribution is 0.507. The second-order valence-electron chi connectivity index (χ2n) is 5.57. The van der Waals surface area contributed by atoms with E-state index in [1.54, 1.807) is 6.92 Å². The molecule has 2 aromatic carbocycles. The highest BCUT2D eigenvalue weighted by Gasteiger charge is 2.24. The van der Waals surface area contributed by atoms with Crippen LogP contribution in [0.4, 0.5) is 17.6 Å². The van der Waals surface area contributed by atoms with Gasteiger partial charge in [-0.15, -0.1) is 0 Å². The number of halogens is 4. The summed E-state index contributed by atoms with van der Waals surface area (Å²) in [5.74, 6) is -4.07. The molecule has 0 amide bonds. The average molecular weight is 362 g/mol. The van der Waals surface area contributed by atoms with Crippen molar-refractivity contribution in [2.24, 2.45) is 20.7 Å². The number of rotatable bonds is 2. The Bertz CT molecular complexity index is 993. The van der Waals surface area contributed by atoms with Gasteiger partial charge in [0.05, 0.1) is 0 Å². The number of amidine groups is 3. The first-order valence-corrected chi connectivity index (χ1v) is 7.73. The van der Waals surface area contributed by atoms with Gasteiger partial charge in [0.2, 0.25) is 0 Å². The van der Waals surface area contributed by atoms with Crippen molar-refractivity contribution < 1.29 is 17.6 Å². The van der Waals surface area contributed by atoms with Gasteiger partial charge in [-0.1, -0.05) is 6.92 Å². The van der Waals surface area contributed by atoms with Gasteiger partial charge in [-0.3, -0.25) is 4.99 Å². The highest BCUT2D eigenvalue weighted by Crippen LogP contribution is 2.23. The topological polar surface area (TPSA) is 63.1 Å². The van der Waals surface area contributed by atoms with Gasteiger partial charge in [0.1, 0.15) is 5.84 Å². The normalized spacial score (nSPS) is 15.4. The molecule has 134 valence electrons. The fraction of sp³-hybridized carbons (Fsp3) is 0.167. The predicted octanol–water partition coefficient (Wildman–Crippen LogP) is 3.35. The number of aryl methyl sites for hydroxylation is 1. The van der Waals surface area contributed by atoms with Gasteiger partial charge in [-0.2, -0.15) is 0 Å². The Labute approximate surface area is 146 Å². The lowest BCUT2D eigenvalue weighted by Gasteiger charge is -2.09. The van der Waals surface area contributed by atoms with E-state index >= 15 is 0 Å². The van der Waals surface area contributed by atoms with Crippen LogP contribution in [0.25, 0.3) is 0 Å². The Morgan fingerprint density at radius 3 is 2.15 bits per heavy atom. The minimum Gasteiger partial charge on any atom is -0.383 e. The molecule has 0 unspecified atom stereocenters. The summed E-state index contributed by atoms with van der Waals surface area (Å²) in [6, 6.07) is 3.94. The van der Waals surface area contributed by atoms with Crippen LogP contribution in [-0.2, 0) is 6.42 Å². The van der Waals surface area contributed by atoms with E-state index in [1.165, 1.54) is 7.05 Å². The lowest BCUT2D eigenvalue weighted by atomic mass is 10.0. The van der Waals surface area contributed by atoms with Crippen molar-refractivity contribution in [3.8, 4) is 0 Å². The summed E-state index contributed by atoms with van der Waals surface area (Å²) in [5.41, 5.74) is 6.93. The van der Waals surface area contributed by atoms with Gasteiger partial charge in [0.25, 0.3) is 0 Å². The maximum absolute atomic E-state index is 13.7. The Kier molecular flexibility index (Phi) is 4.58. The van der Waals surface area contributed by atoms with Crippen molar-refractivity contribution in [1.29, 1.82) is 0 Å². The zero-order valence-corrected chi connectivity index (χ0v) is 13.9. The molecule has 1 aliphatic heterocycles. The number of fused-ring (bicyclic) bond motifs is 1. The van der Waals surface area contributed by atoms with Crippen molar-refractivity contribution in [1.82, 2.24) is 0 Å². The maximum Gasteiger partial charge on any atom is 0.164 e. The monoisotopic (exact) mass is 362 g/mol. The third-order valence-electron chi connectivity index (χ3n) is 4.00. The molecule has 3 rings (SSSR count). The van der Waals surface area contributed by atoms with Crippen LogP contribution >= 0.6 is 0 Å². The van der Waals surface area contributed by atoms with E-state index in [-0.39, 0.29) is 34.2 Å². The zero-order chi connectivity index (χ0) is 19.0. The van der Waals surface area contributed by atoms with Gasteiger partial charge >= 0.3 is 0 Å². The summed E-state index contributed by atoms with van der Waals surface area (Å²) in [4.78, 5) is 12.2. The summed E-state index contributed by atoms with van der Waals surface area (Å²) in [6.45, 7) is 1.77. The first-order valence-electron chi connectivity index (χ1n) is 7.73. The predicted molar refractivity (Wildman–Crippen MR) is 91.8 cm³/mol. The molecule has 0 bridgehead atoms. The summed E-state index contributed by atoms with van der Waals surface area (Å²) in [5, 5.41) is 0. The zero-order valence-electron chi connectivity index (χ0n) is 13.9. The molecular formula is C18H14F4N4. The third-order valence-corrected chi connectivity index (χ3v) is 4.00. The molecule has 0 atom stereocenters. The number of hydrogen-bond donors (Lipinski definition) is 1. The fourth-order valence-electron chi connectivity index (χ4n) is 2.68. The lowest BCUT2D eigenvalue weighted by Crippen LogP contribution is -2.11. The van der Waals surface area contributed by atoms with Gasteiger partial charge in [-0.25, -0.2) is 27.5 Å². The second-order valence-corrected chi connectivity index (χ2v) is 5.57. The smallest absolute Gasteiger partial charge is 0.164 e. The molecule has 8 heteroatoms. The Morgan fingerprint density at radius 2 is 1.54 bits per heavy atom. The highest BCUT2D eigenvalue weighted by molar-refractivity contribution is 6.25. The van der Waals surface area contributed by atoms with Gasteiger partial charge in [0, 0.05) is 23.7 Å². The van der Waals surface area contributed by atoms with Gasteiger partial charge < -0.3 is 5.73 Å². The summed E-state index contributed by atoms with van der Waals surface area (Å²) in [6.07, 6.45) is 0.415. The van der Waals surface area contributed by atoms with Crippen LogP contribution in [0.2, 0.25) is 0 Å². The molecule has 26 heavy (non-hydrogen) atoms. The first-order chi connectivity index (χ1) is 12.3.